The summed E-state index contributed by atoms with van der Waals surface area (Å²) in [7, 11) is 5.06. The highest BCUT2D eigenvalue weighted by Gasteiger charge is 2.25. The van der Waals surface area contributed by atoms with E-state index in [0.717, 1.165) is 32.5 Å². The number of amides is 1. The molecule has 1 amide bonds. The summed E-state index contributed by atoms with van der Waals surface area (Å²) in [4.78, 5) is 17.0. The molecule has 0 saturated carbocycles. The third-order valence-electron chi connectivity index (χ3n) is 4.50. The number of benzene rings is 1. The van der Waals surface area contributed by atoms with E-state index in [-0.39, 0.29) is 5.91 Å². The molecule has 0 unspecified atom stereocenters. The molecule has 1 heterocycles. The zero-order chi connectivity index (χ0) is 16.1. The van der Waals surface area contributed by atoms with Crippen molar-refractivity contribution < 1.29 is 14.3 Å². The monoisotopic (exact) mass is 306 g/mol. The van der Waals surface area contributed by atoms with Crippen LogP contribution in [0.4, 0.5) is 0 Å². The first-order valence-electron chi connectivity index (χ1n) is 7.82. The summed E-state index contributed by atoms with van der Waals surface area (Å²) < 4.78 is 10.5. The van der Waals surface area contributed by atoms with E-state index in [1.807, 2.05) is 11.9 Å². The second-order valence-electron chi connectivity index (χ2n) is 5.65. The van der Waals surface area contributed by atoms with Gasteiger partial charge in [0.25, 0.3) is 5.91 Å². The van der Waals surface area contributed by atoms with E-state index in [2.05, 4.69) is 11.8 Å². The minimum Gasteiger partial charge on any atom is -0.493 e. The molecule has 122 valence electrons. The third-order valence-corrected chi connectivity index (χ3v) is 4.50. The predicted molar refractivity (Wildman–Crippen MR) is 86.8 cm³/mol. The van der Waals surface area contributed by atoms with Gasteiger partial charge in [-0.05, 0) is 37.6 Å². The predicted octanol–water partition coefficient (Wildman–Crippen LogP) is 2.26. The number of carbonyl (C=O) groups is 1. The first kappa shape index (κ1) is 16.6. The minimum absolute atomic E-state index is 0.0379. The van der Waals surface area contributed by atoms with E-state index < -0.39 is 0 Å². The molecule has 0 aromatic heterocycles. The highest BCUT2D eigenvalue weighted by Crippen LogP contribution is 2.28. The van der Waals surface area contributed by atoms with Crippen molar-refractivity contribution >= 4 is 5.91 Å². The molecule has 0 bridgehead atoms. The van der Waals surface area contributed by atoms with Gasteiger partial charge >= 0.3 is 0 Å². The van der Waals surface area contributed by atoms with E-state index in [1.165, 1.54) is 0 Å². The molecule has 1 aromatic rings. The molecule has 1 aliphatic rings. The van der Waals surface area contributed by atoms with Crippen LogP contribution in [-0.4, -0.2) is 62.7 Å². The van der Waals surface area contributed by atoms with Gasteiger partial charge in [-0.25, -0.2) is 0 Å². The average molecular weight is 306 g/mol. The Hall–Kier alpha value is -1.75. The van der Waals surface area contributed by atoms with Crippen LogP contribution < -0.4 is 9.47 Å². The Morgan fingerprint density at radius 3 is 2.41 bits per heavy atom. The van der Waals surface area contributed by atoms with Gasteiger partial charge in [0.2, 0.25) is 0 Å². The largest absolute Gasteiger partial charge is 0.493 e. The summed E-state index contributed by atoms with van der Waals surface area (Å²) in [6, 6.07) is 5.63. The van der Waals surface area contributed by atoms with Crippen molar-refractivity contribution in [3.05, 3.63) is 23.8 Å². The van der Waals surface area contributed by atoms with Crippen LogP contribution >= 0.6 is 0 Å². The molecule has 0 N–H and O–H groups in total. The zero-order valence-corrected chi connectivity index (χ0v) is 14.0. The van der Waals surface area contributed by atoms with Crippen LogP contribution in [0.15, 0.2) is 18.2 Å². The Balaban J connectivity index is 2.07. The van der Waals surface area contributed by atoms with Crippen molar-refractivity contribution in [2.45, 2.75) is 25.8 Å². The molecule has 1 saturated heterocycles. The van der Waals surface area contributed by atoms with Crippen LogP contribution in [0.1, 0.15) is 30.1 Å². The first-order valence-corrected chi connectivity index (χ1v) is 7.82. The lowest BCUT2D eigenvalue weighted by molar-refractivity contribution is 0.0646. The van der Waals surface area contributed by atoms with Gasteiger partial charge in [0.05, 0.1) is 14.2 Å². The molecule has 1 aliphatic heterocycles. The van der Waals surface area contributed by atoms with E-state index in [1.54, 1.807) is 32.4 Å². The Labute approximate surface area is 132 Å². The van der Waals surface area contributed by atoms with Crippen LogP contribution in [0.3, 0.4) is 0 Å². The highest BCUT2D eigenvalue weighted by atomic mass is 16.5. The fourth-order valence-electron chi connectivity index (χ4n) is 2.96. The molecule has 0 spiro atoms. The second kappa shape index (κ2) is 7.49. The Bertz CT molecular complexity index is 511. The van der Waals surface area contributed by atoms with Crippen LogP contribution in [-0.2, 0) is 0 Å². The van der Waals surface area contributed by atoms with Gasteiger partial charge in [-0.1, -0.05) is 6.92 Å². The topological polar surface area (TPSA) is 42.0 Å². The molecule has 1 aromatic carbocycles. The van der Waals surface area contributed by atoms with Crippen molar-refractivity contribution in [1.29, 1.82) is 0 Å². The lowest BCUT2D eigenvalue weighted by Crippen LogP contribution is -2.45. The van der Waals surface area contributed by atoms with Gasteiger partial charge in [0.15, 0.2) is 11.5 Å². The number of carbonyl (C=O) groups excluding carboxylic acids is 1. The molecule has 22 heavy (non-hydrogen) atoms. The second-order valence-corrected chi connectivity index (χ2v) is 5.65. The first-order chi connectivity index (χ1) is 10.6. The van der Waals surface area contributed by atoms with Crippen LogP contribution in [0.5, 0.6) is 11.5 Å². The number of likely N-dealkylation sites (tertiary alicyclic amines) is 1. The minimum atomic E-state index is 0.0379. The standard InChI is InChI=1S/C17H26N2O3/c1-5-19-10-8-14(9-11-19)18(2)17(20)13-6-7-15(21-3)16(12-13)22-4/h6-7,12,14H,5,8-11H2,1-4H3. The summed E-state index contributed by atoms with van der Waals surface area (Å²) >= 11 is 0. The lowest BCUT2D eigenvalue weighted by atomic mass is 10.0. The van der Waals surface area contributed by atoms with Gasteiger partial charge in [0, 0.05) is 31.7 Å². The molecular weight excluding hydrogens is 280 g/mol. The average Bonchev–Trinajstić information content (AvgIpc) is 2.59. The number of nitrogens with zero attached hydrogens (tertiary/aromatic N) is 2. The SMILES string of the molecule is CCN1CCC(N(C)C(=O)c2ccc(OC)c(OC)c2)CC1. The Morgan fingerprint density at radius 1 is 1.23 bits per heavy atom. The maximum Gasteiger partial charge on any atom is 0.253 e. The Morgan fingerprint density at radius 2 is 1.86 bits per heavy atom. The quantitative estimate of drug-likeness (QED) is 0.837. The molecule has 5 heteroatoms. The molecule has 0 atom stereocenters. The highest BCUT2D eigenvalue weighted by molar-refractivity contribution is 5.95. The third kappa shape index (κ3) is 3.53. The van der Waals surface area contributed by atoms with Crippen molar-refractivity contribution in [1.82, 2.24) is 9.80 Å². The van der Waals surface area contributed by atoms with Crippen molar-refractivity contribution in [2.75, 3.05) is 40.9 Å². The summed E-state index contributed by atoms with van der Waals surface area (Å²) in [5.74, 6) is 1.26. The van der Waals surface area contributed by atoms with Gasteiger partial charge in [-0.3, -0.25) is 4.79 Å². The number of rotatable bonds is 5. The molecule has 0 aliphatic carbocycles. The van der Waals surface area contributed by atoms with Crippen molar-refractivity contribution in [3.63, 3.8) is 0 Å². The molecule has 5 nitrogen and oxygen atoms in total. The fraction of sp³-hybridized carbons (Fsp3) is 0.588. The summed E-state index contributed by atoms with van der Waals surface area (Å²) in [5, 5.41) is 0. The number of methoxy groups -OCH3 is 2. The molecule has 2 rings (SSSR count). The van der Waals surface area contributed by atoms with Crippen molar-refractivity contribution in [2.24, 2.45) is 0 Å². The van der Waals surface area contributed by atoms with E-state index >= 15 is 0 Å². The molecule has 0 radical (unpaired) electrons. The number of piperidine rings is 1. The van der Waals surface area contributed by atoms with Gasteiger partial charge in [0.1, 0.15) is 0 Å². The van der Waals surface area contributed by atoms with Gasteiger partial charge in [-0.2, -0.15) is 0 Å². The van der Waals surface area contributed by atoms with Crippen LogP contribution in [0.25, 0.3) is 0 Å². The number of hydrogen-bond donors (Lipinski definition) is 0. The normalized spacial score (nSPS) is 16.4. The lowest BCUT2D eigenvalue weighted by Gasteiger charge is -2.36. The molecular formula is C17H26N2O3. The van der Waals surface area contributed by atoms with E-state index in [0.29, 0.717) is 23.1 Å². The maximum absolute atomic E-state index is 12.7. The summed E-state index contributed by atoms with van der Waals surface area (Å²) in [6.45, 7) is 5.38. The maximum atomic E-state index is 12.7. The summed E-state index contributed by atoms with van der Waals surface area (Å²) in [5.41, 5.74) is 0.637. The number of ether oxygens (including phenoxy) is 2. The molecule has 1 fully saturated rings. The number of hydrogen-bond acceptors (Lipinski definition) is 4. The van der Waals surface area contributed by atoms with Crippen molar-refractivity contribution in [3.8, 4) is 11.5 Å². The zero-order valence-electron chi connectivity index (χ0n) is 14.0. The van der Waals surface area contributed by atoms with Gasteiger partial charge in [-0.15, -0.1) is 0 Å². The smallest absolute Gasteiger partial charge is 0.253 e. The van der Waals surface area contributed by atoms with Crippen LogP contribution in [0, 0.1) is 0 Å². The van der Waals surface area contributed by atoms with E-state index in [4.69, 9.17) is 9.47 Å². The van der Waals surface area contributed by atoms with Crippen LogP contribution in [0.2, 0.25) is 0 Å². The fourth-order valence-corrected chi connectivity index (χ4v) is 2.96. The summed E-state index contributed by atoms with van der Waals surface area (Å²) in [6.07, 6.45) is 2.06. The van der Waals surface area contributed by atoms with Gasteiger partial charge < -0.3 is 19.3 Å². The Kier molecular flexibility index (Phi) is 5.66. The van der Waals surface area contributed by atoms with E-state index in [9.17, 15) is 4.79 Å².